The van der Waals surface area contributed by atoms with Gasteiger partial charge in [-0.05, 0) is 32.9 Å². The molecule has 0 spiro atoms. The van der Waals surface area contributed by atoms with Crippen LogP contribution in [0.2, 0.25) is 0 Å². The van der Waals surface area contributed by atoms with Crippen molar-refractivity contribution < 1.29 is 4.79 Å². The highest BCUT2D eigenvalue weighted by atomic mass is 16.2. The summed E-state index contributed by atoms with van der Waals surface area (Å²) in [6.45, 7) is 7.10. The summed E-state index contributed by atoms with van der Waals surface area (Å²) in [6.07, 6.45) is 1.53. The number of rotatable bonds is 4. The van der Waals surface area contributed by atoms with E-state index in [1.807, 2.05) is 45.0 Å². The molecular formula is C15H20N4O. The van der Waals surface area contributed by atoms with Crippen LogP contribution in [0.1, 0.15) is 29.9 Å². The van der Waals surface area contributed by atoms with E-state index in [0.29, 0.717) is 24.5 Å². The summed E-state index contributed by atoms with van der Waals surface area (Å²) in [7, 11) is 0. The SMILES string of the molecule is CCN(C(=O)c1c(N)cnn1CC)c1ccc(C)cc1. The first-order valence-electron chi connectivity index (χ1n) is 6.78. The molecule has 1 aromatic heterocycles. The van der Waals surface area contributed by atoms with Crippen LogP contribution in [0, 0.1) is 6.92 Å². The highest BCUT2D eigenvalue weighted by Gasteiger charge is 2.22. The van der Waals surface area contributed by atoms with Crippen LogP contribution in [0.15, 0.2) is 30.5 Å². The predicted molar refractivity (Wildman–Crippen MR) is 80.8 cm³/mol. The molecule has 106 valence electrons. The molecule has 0 saturated carbocycles. The number of nitrogens with zero attached hydrogens (tertiary/aromatic N) is 3. The Morgan fingerprint density at radius 1 is 1.30 bits per heavy atom. The van der Waals surface area contributed by atoms with Crippen molar-refractivity contribution in [3.05, 3.63) is 41.7 Å². The summed E-state index contributed by atoms with van der Waals surface area (Å²) in [5, 5.41) is 4.12. The molecule has 2 rings (SSSR count). The van der Waals surface area contributed by atoms with Gasteiger partial charge in [-0.2, -0.15) is 5.10 Å². The number of carbonyl (C=O) groups excluding carboxylic acids is 1. The summed E-state index contributed by atoms with van der Waals surface area (Å²) in [6, 6.07) is 7.87. The summed E-state index contributed by atoms with van der Waals surface area (Å²) in [5.41, 5.74) is 8.78. The maximum atomic E-state index is 12.7. The lowest BCUT2D eigenvalue weighted by atomic mass is 10.2. The highest BCUT2D eigenvalue weighted by Crippen LogP contribution is 2.20. The number of anilines is 2. The Morgan fingerprint density at radius 2 is 1.95 bits per heavy atom. The van der Waals surface area contributed by atoms with Gasteiger partial charge < -0.3 is 10.6 Å². The normalized spacial score (nSPS) is 10.6. The number of carbonyl (C=O) groups is 1. The average Bonchev–Trinajstić information content (AvgIpc) is 2.82. The molecule has 1 aromatic carbocycles. The second-order valence-corrected chi connectivity index (χ2v) is 4.65. The Bertz CT molecular complexity index is 601. The second-order valence-electron chi connectivity index (χ2n) is 4.65. The van der Waals surface area contributed by atoms with Crippen molar-refractivity contribution >= 4 is 17.3 Å². The number of benzene rings is 1. The minimum Gasteiger partial charge on any atom is -0.396 e. The van der Waals surface area contributed by atoms with E-state index in [4.69, 9.17) is 5.73 Å². The van der Waals surface area contributed by atoms with Gasteiger partial charge in [0.1, 0.15) is 5.69 Å². The molecule has 0 saturated heterocycles. The fourth-order valence-corrected chi connectivity index (χ4v) is 2.17. The molecule has 1 heterocycles. The molecule has 0 aliphatic carbocycles. The Kier molecular flexibility index (Phi) is 4.08. The minimum atomic E-state index is -0.117. The molecule has 2 N–H and O–H groups in total. The summed E-state index contributed by atoms with van der Waals surface area (Å²) >= 11 is 0. The largest absolute Gasteiger partial charge is 0.396 e. The van der Waals surface area contributed by atoms with Crippen LogP contribution in [0.25, 0.3) is 0 Å². The van der Waals surface area contributed by atoms with Crippen molar-refractivity contribution in [1.82, 2.24) is 9.78 Å². The lowest BCUT2D eigenvalue weighted by Crippen LogP contribution is -2.33. The lowest BCUT2D eigenvalue weighted by molar-refractivity contribution is 0.0979. The molecular weight excluding hydrogens is 252 g/mol. The number of aryl methyl sites for hydroxylation is 2. The zero-order valence-electron chi connectivity index (χ0n) is 12.1. The maximum absolute atomic E-state index is 12.7. The van der Waals surface area contributed by atoms with Gasteiger partial charge in [0.2, 0.25) is 0 Å². The van der Waals surface area contributed by atoms with Crippen LogP contribution in [0.5, 0.6) is 0 Å². The molecule has 2 aromatic rings. The van der Waals surface area contributed by atoms with Crippen LogP contribution in [0.3, 0.4) is 0 Å². The van der Waals surface area contributed by atoms with E-state index in [1.54, 1.807) is 9.58 Å². The topological polar surface area (TPSA) is 64.2 Å². The van der Waals surface area contributed by atoms with E-state index >= 15 is 0 Å². The van der Waals surface area contributed by atoms with Gasteiger partial charge in [-0.3, -0.25) is 9.48 Å². The van der Waals surface area contributed by atoms with Crippen molar-refractivity contribution in [3.8, 4) is 0 Å². The summed E-state index contributed by atoms with van der Waals surface area (Å²) < 4.78 is 1.63. The van der Waals surface area contributed by atoms with E-state index < -0.39 is 0 Å². The zero-order valence-corrected chi connectivity index (χ0v) is 12.1. The first-order chi connectivity index (χ1) is 9.58. The van der Waals surface area contributed by atoms with Crippen LogP contribution >= 0.6 is 0 Å². The fourth-order valence-electron chi connectivity index (χ4n) is 2.17. The quantitative estimate of drug-likeness (QED) is 0.929. The molecule has 0 unspecified atom stereocenters. The predicted octanol–water partition coefficient (Wildman–Crippen LogP) is 2.46. The van der Waals surface area contributed by atoms with E-state index in [1.165, 1.54) is 6.20 Å². The van der Waals surface area contributed by atoms with E-state index in [0.717, 1.165) is 11.3 Å². The van der Waals surface area contributed by atoms with Crippen molar-refractivity contribution in [2.75, 3.05) is 17.2 Å². The number of hydrogen-bond donors (Lipinski definition) is 1. The standard InChI is InChI=1S/C15H20N4O/c1-4-18(12-8-6-11(3)7-9-12)15(20)14-13(16)10-17-19(14)5-2/h6-10H,4-5,16H2,1-3H3. The third-order valence-corrected chi connectivity index (χ3v) is 3.28. The smallest absolute Gasteiger partial charge is 0.278 e. The molecule has 0 aliphatic heterocycles. The van der Waals surface area contributed by atoms with E-state index in [-0.39, 0.29) is 5.91 Å². The van der Waals surface area contributed by atoms with Gasteiger partial charge in [0.05, 0.1) is 11.9 Å². The maximum Gasteiger partial charge on any atom is 0.278 e. The van der Waals surface area contributed by atoms with Gasteiger partial charge in [-0.25, -0.2) is 0 Å². The average molecular weight is 272 g/mol. The second kappa shape index (κ2) is 5.77. The van der Waals surface area contributed by atoms with Gasteiger partial charge in [0, 0.05) is 18.8 Å². The molecule has 1 amide bonds. The summed E-state index contributed by atoms with van der Waals surface area (Å²) in [5.74, 6) is -0.117. The lowest BCUT2D eigenvalue weighted by Gasteiger charge is -2.21. The van der Waals surface area contributed by atoms with Crippen molar-refractivity contribution in [3.63, 3.8) is 0 Å². The Morgan fingerprint density at radius 3 is 2.50 bits per heavy atom. The van der Waals surface area contributed by atoms with Crippen LogP contribution in [-0.4, -0.2) is 22.2 Å². The van der Waals surface area contributed by atoms with Gasteiger partial charge >= 0.3 is 0 Å². The van der Waals surface area contributed by atoms with E-state index in [9.17, 15) is 4.79 Å². The molecule has 0 bridgehead atoms. The van der Waals surface area contributed by atoms with Gasteiger partial charge in [0.25, 0.3) is 5.91 Å². The van der Waals surface area contributed by atoms with Crippen molar-refractivity contribution in [1.29, 1.82) is 0 Å². The molecule has 20 heavy (non-hydrogen) atoms. The number of nitrogens with two attached hydrogens (primary N) is 1. The number of aromatic nitrogens is 2. The molecule has 0 radical (unpaired) electrons. The highest BCUT2D eigenvalue weighted by molar-refractivity contribution is 6.08. The number of hydrogen-bond acceptors (Lipinski definition) is 3. The molecule has 0 fully saturated rings. The zero-order chi connectivity index (χ0) is 14.7. The molecule has 5 nitrogen and oxygen atoms in total. The first-order valence-corrected chi connectivity index (χ1v) is 6.78. The first kappa shape index (κ1) is 14.1. The fraction of sp³-hybridized carbons (Fsp3) is 0.333. The van der Waals surface area contributed by atoms with Crippen LogP contribution in [0.4, 0.5) is 11.4 Å². The van der Waals surface area contributed by atoms with Crippen LogP contribution < -0.4 is 10.6 Å². The Balaban J connectivity index is 2.38. The van der Waals surface area contributed by atoms with Crippen molar-refractivity contribution in [2.24, 2.45) is 0 Å². The molecule has 0 atom stereocenters. The molecule has 5 heteroatoms. The molecule has 0 aliphatic rings. The summed E-state index contributed by atoms with van der Waals surface area (Å²) in [4.78, 5) is 14.4. The minimum absolute atomic E-state index is 0.117. The third-order valence-electron chi connectivity index (χ3n) is 3.28. The van der Waals surface area contributed by atoms with Crippen LogP contribution in [-0.2, 0) is 6.54 Å². The van der Waals surface area contributed by atoms with Gasteiger partial charge in [-0.15, -0.1) is 0 Å². The third kappa shape index (κ3) is 2.52. The monoisotopic (exact) mass is 272 g/mol. The number of nitrogen functional groups attached to an aromatic ring is 1. The van der Waals surface area contributed by atoms with Gasteiger partial charge in [-0.1, -0.05) is 17.7 Å². The van der Waals surface area contributed by atoms with E-state index in [2.05, 4.69) is 5.10 Å². The van der Waals surface area contributed by atoms with Gasteiger partial charge in [0.15, 0.2) is 0 Å². The Labute approximate surface area is 119 Å². The van der Waals surface area contributed by atoms with Crippen molar-refractivity contribution in [2.45, 2.75) is 27.3 Å². The Hall–Kier alpha value is -2.30. The number of amides is 1.